The molecule has 2 aromatic carbocycles. The van der Waals surface area contributed by atoms with Gasteiger partial charge in [-0.25, -0.2) is 14.1 Å². The maximum atomic E-state index is 13.9. The zero-order valence-electron chi connectivity index (χ0n) is 18.5. The molecule has 0 aliphatic heterocycles. The van der Waals surface area contributed by atoms with Crippen LogP contribution in [0.5, 0.6) is 0 Å². The van der Waals surface area contributed by atoms with E-state index in [4.69, 9.17) is 4.42 Å². The predicted molar refractivity (Wildman–Crippen MR) is 126 cm³/mol. The SMILES string of the molecule is O=C(Cc1cc(=O)c2ccccc2o1)NCCn1ncc2c(=O)n(Cc3ccccc3F)cnc21. The van der Waals surface area contributed by atoms with Gasteiger partial charge < -0.3 is 9.73 Å². The Kier molecular flexibility index (Phi) is 5.92. The summed E-state index contributed by atoms with van der Waals surface area (Å²) in [6.07, 6.45) is 2.68. The van der Waals surface area contributed by atoms with Crippen molar-refractivity contribution >= 4 is 27.9 Å². The van der Waals surface area contributed by atoms with E-state index in [2.05, 4.69) is 15.4 Å². The van der Waals surface area contributed by atoms with Crippen LogP contribution < -0.4 is 16.3 Å². The highest BCUT2D eigenvalue weighted by Crippen LogP contribution is 2.12. The number of benzene rings is 2. The Labute approximate surface area is 197 Å². The minimum atomic E-state index is -0.395. The molecule has 0 aliphatic carbocycles. The molecular formula is C25H20FN5O4. The molecule has 0 spiro atoms. The molecular weight excluding hydrogens is 453 g/mol. The van der Waals surface area contributed by atoms with Gasteiger partial charge in [-0.2, -0.15) is 5.10 Å². The van der Waals surface area contributed by atoms with Gasteiger partial charge in [-0.3, -0.25) is 19.0 Å². The quantitative estimate of drug-likeness (QED) is 0.388. The average Bonchev–Trinajstić information content (AvgIpc) is 3.26. The number of amides is 1. The van der Waals surface area contributed by atoms with Crippen molar-refractivity contribution in [2.45, 2.75) is 19.5 Å². The molecule has 5 rings (SSSR count). The number of fused-ring (bicyclic) bond motifs is 2. The summed E-state index contributed by atoms with van der Waals surface area (Å²) >= 11 is 0. The first-order valence-electron chi connectivity index (χ1n) is 10.9. The summed E-state index contributed by atoms with van der Waals surface area (Å²) in [6.45, 7) is 0.564. The van der Waals surface area contributed by atoms with E-state index in [9.17, 15) is 18.8 Å². The first-order valence-corrected chi connectivity index (χ1v) is 10.9. The maximum absolute atomic E-state index is 13.9. The topological polar surface area (TPSA) is 112 Å². The number of rotatable bonds is 7. The van der Waals surface area contributed by atoms with Crippen LogP contribution in [0, 0.1) is 5.82 Å². The Morgan fingerprint density at radius 2 is 1.86 bits per heavy atom. The third kappa shape index (κ3) is 4.58. The van der Waals surface area contributed by atoms with Crippen LogP contribution in [0.15, 0.2) is 81.1 Å². The number of halogens is 1. The van der Waals surface area contributed by atoms with Gasteiger partial charge in [-0.1, -0.05) is 30.3 Å². The van der Waals surface area contributed by atoms with Crippen LogP contribution in [0.25, 0.3) is 22.0 Å². The van der Waals surface area contributed by atoms with Crippen molar-refractivity contribution in [3.8, 4) is 0 Å². The molecule has 0 unspecified atom stereocenters. The third-order valence-corrected chi connectivity index (χ3v) is 5.59. The van der Waals surface area contributed by atoms with Gasteiger partial charge in [0.15, 0.2) is 11.1 Å². The molecule has 0 radical (unpaired) electrons. The molecule has 10 heteroatoms. The van der Waals surface area contributed by atoms with Crippen LogP contribution >= 0.6 is 0 Å². The molecule has 0 saturated carbocycles. The molecule has 1 N–H and O–H groups in total. The number of hydrogen-bond acceptors (Lipinski definition) is 6. The average molecular weight is 473 g/mol. The van der Waals surface area contributed by atoms with Gasteiger partial charge in [0.05, 0.1) is 31.1 Å². The molecule has 35 heavy (non-hydrogen) atoms. The van der Waals surface area contributed by atoms with Gasteiger partial charge in [-0.05, 0) is 18.2 Å². The van der Waals surface area contributed by atoms with Crippen LogP contribution in [0.3, 0.4) is 0 Å². The number of para-hydroxylation sites is 1. The van der Waals surface area contributed by atoms with E-state index < -0.39 is 5.82 Å². The van der Waals surface area contributed by atoms with E-state index in [1.54, 1.807) is 42.5 Å². The molecule has 0 bridgehead atoms. The highest BCUT2D eigenvalue weighted by molar-refractivity contribution is 5.80. The summed E-state index contributed by atoms with van der Waals surface area (Å²) < 4.78 is 22.4. The summed E-state index contributed by atoms with van der Waals surface area (Å²) in [4.78, 5) is 41.7. The van der Waals surface area contributed by atoms with Gasteiger partial charge in [-0.15, -0.1) is 0 Å². The fourth-order valence-electron chi connectivity index (χ4n) is 3.85. The van der Waals surface area contributed by atoms with Gasteiger partial charge in [0.25, 0.3) is 5.56 Å². The normalized spacial score (nSPS) is 11.2. The third-order valence-electron chi connectivity index (χ3n) is 5.59. The lowest BCUT2D eigenvalue weighted by atomic mass is 10.2. The molecule has 0 saturated heterocycles. The van der Waals surface area contributed by atoms with Crippen LogP contribution in [-0.2, 0) is 24.3 Å². The monoisotopic (exact) mass is 473 g/mol. The minimum Gasteiger partial charge on any atom is -0.460 e. The van der Waals surface area contributed by atoms with E-state index in [-0.39, 0.29) is 48.7 Å². The second-order valence-corrected chi connectivity index (χ2v) is 7.97. The number of carbonyl (C=O) groups excluding carboxylic acids is 1. The van der Waals surface area contributed by atoms with E-state index in [1.165, 1.54) is 33.9 Å². The van der Waals surface area contributed by atoms with Crippen molar-refractivity contribution in [1.82, 2.24) is 24.6 Å². The Balaban J connectivity index is 1.24. The smallest absolute Gasteiger partial charge is 0.264 e. The first-order chi connectivity index (χ1) is 17.0. The van der Waals surface area contributed by atoms with Gasteiger partial charge in [0, 0.05) is 18.2 Å². The van der Waals surface area contributed by atoms with Gasteiger partial charge in [0.1, 0.15) is 28.9 Å². The van der Waals surface area contributed by atoms with Crippen molar-refractivity contribution in [2.75, 3.05) is 6.54 Å². The molecule has 0 aliphatic rings. The molecule has 0 fully saturated rings. The first kappa shape index (κ1) is 22.2. The summed E-state index contributed by atoms with van der Waals surface area (Å²) in [7, 11) is 0. The lowest BCUT2D eigenvalue weighted by Gasteiger charge is -2.08. The number of hydrogen-bond donors (Lipinski definition) is 1. The Morgan fingerprint density at radius 3 is 2.71 bits per heavy atom. The molecule has 3 heterocycles. The largest absolute Gasteiger partial charge is 0.460 e. The van der Waals surface area contributed by atoms with Crippen LogP contribution in [-0.4, -0.2) is 31.8 Å². The Bertz CT molecular complexity index is 1670. The van der Waals surface area contributed by atoms with E-state index in [0.717, 1.165) is 0 Å². The lowest BCUT2D eigenvalue weighted by molar-refractivity contribution is -0.120. The number of nitrogens with one attached hydrogen (secondary N) is 1. The van der Waals surface area contributed by atoms with Crippen molar-refractivity contribution in [3.05, 3.63) is 105 Å². The van der Waals surface area contributed by atoms with E-state index in [0.29, 0.717) is 27.6 Å². The standard InChI is InChI=1S/C25H20FN5O4/c26-20-7-3-1-5-16(20)14-30-15-28-24-19(25(30)34)13-29-31(24)10-9-27-23(33)12-17-11-21(32)18-6-2-4-8-22(18)35-17/h1-8,11,13,15H,9-10,12,14H2,(H,27,33). The van der Waals surface area contributed by atoms with Crippen molar-refractivity contribution in [3.63, 3.8) is 0 Å². The summed E-state index contributed by atoms with van der Waals surface area (Å²) in [5.74, 6) is -0.443. The van der Waals surface area contributed by atoms with Crippen molar-refractivity contribution < 1.29 is 13.6 Å². The fraction of sp³-hybridized carbons (Fsp3) is 0.160. The second-order valence-electron chi connectivity index (χ2n) is 7.97. The second kappa shape index (κ2) is 9.34. The lowest BCUT2D eigenvalue weighted by Crippen LogP contribution is -2.29. The number of nitrogens with zero attached hydrogens (tertiary/aromatic N) is 4. The molecule has 9 nitrogen and oxygen atoms in total. The Morgan fingerprint density at radius 1 is 1.06 bits per heavy atom. The van der Waals surface area contributed by atoms with Crippen LogP contribution in [0.1, 0.15) is 11.3 Å². The maximum Gasteiger partial charge on any atom is 0.264 e. The van der Waals surface area contributed by atoms with E-state index >= 15 is 0 Å². The summed E-state index contributed by atoms with van der Waals surface area (Å²) in [6, 6.07) is 14.4. The number of carbonyl (C=O) groups is 1. The molecule has 0 atom stereocenters. The zero-order valence-corrected chi connectivity index (χ0v) is 18.5. The fourth-order valence-corrected chi connectivity index (χ4v) is 3.85. The predicted octanol–water partition coefficient (Wildman–Crippen LogP) is 2.25. The summed E-state index contributed by atoms with van der Waals surface area (Å²) in [5, 5.41) is 7.72. The van der Waals surface area contributed by atoms with Gasteiger partial charge in [0.2, 0.25) is 5.91 Å². The number of aromatic nitrogens is 4. The molecule has 5 aromatic rings. The van der Waals surface area contributed by atoms with Gasteiger partial charge >= 0.3 is 0 Å². The van der Waals surface area contributed by atoms with Crippen LogP contribution in [0.4, 0.5) is 4.39 Å². The van der Waals surface area contributed by atoms with Crippen molar-refractivity contribution in [1.29, 1.82) is 0 Å². The molecule has 176 valence electrons. The minimum absolute atomic E-state index is 0.0561. The van der Waals surface area contributed by atoms with Crippen molar-refractivity contribution in [2.24, 2.45) is 0 Å². The van der Waals surface area contributed by atoms with E-state index in [1.807, 2.05) is 0 Å². The zero-order chi connectivity index (χ0) is 24.4. The Hall–Kier alpha value is -4.60. The molecule has 3 aromatic heterocycles. The highest BCUT2D eigenvalue weighted by atomic mass is 19.1. The summed E-state index contributed by atoms with van der Waals surface area (Å²) in [5.41, 5.74) is 0.643. The molecule has 1 amide bonds. The van der Waals surface area contributed by atoms with Crippen LogP contribution in [0.2, 0.25) is 0 Å². The highest BCUT2D eigenvalue weighted by Gasteiger charge is 2.13.